The molecular weight excluding hydrogens is 447 g/mol. The second-order valence-corrected chi connectivity index (χ2v) is 8.27. The van der Waals surface area contributed by atoms with Gasteiger partial charge in [-0.25, -0.2) is 0 Å². The monoisotopic (exact) mass is 467 g/mol. The van der Waals surface area contributed by atoms with Gasteiger partial charge in [0, 0.05) is 17.3 Å². The molecule has 9 heteroatoms. The summed E-state index contributed by atoms with van der Waals surface area (Å²) in [4.78, 5) is 0. The van der Waals surface area contributed by atoms with E-state index in [-0.39, 0.29) is 6.61 Å². The van der Waals surface area contributed by atoms with Crippen LogP contribution < -0.4 is 4.74 Å². The zero-order valence-electron chi connectivity index (χ0n) is 17.0. The van der Waals surface area contributed by atoms with Gasteiger partial charge in [-0.15, -0.1) is 16.8 Å². The molecule has 0 aliphatic heterocycles. The number of thioether (sulfide) groups is 1. The lowest BCUT2D eigenvalue weighted by molar-refractivity contribution is -0.137. The Kier molecular flexibility index (Phi) is 7.33. The minimum atomic E-state index is -4.37. The van der Waals surface area contributed by atoms with Gasteiger partial charge in [-0.1, -0.05) is 47.6 Å². The fourth-order valence-corrected chi connectivity index (χ4v) is 3.99. The van der Waals surface area contributed by atoms with E-state index in [0.29, 0.717) is 39.6 Å². The maximum atomic E-state index is 12.9. The predicted molar refractivity (Wildman–Crippen MR) is 116 cm³/mol. The fraction of sp³-hybridized carbons (Fsp3) is 0.273. The SMILES string of the molecule is C=CCn1c(COc2cc(C)c(Cl)c(C)c2)nnc1SCc1cccc(C(F)(F)F)c1. The number of aryl methyl sites for hydroxylation is 2. The Balaban J connectivity index is 1.72. The Morgan fingerprint density at radius 3 is 2.52 bits per heavy atom. The van der Waals surface area contributed by atoms with E-state index >= 15 is 0 Å². The van der Waals surface area contributed by atoms with Crippen molar-refractivity contribution < 1.29 is 17.9 Å². The van der Waals surface area contributed by atoms with Gasteiger partial charge in [-0.2, -0.15) is 13.2 Å². The topological polar surface area (TPSA) is 39.9 Å². The van der Waals surface area contributed by atoms with Gasteiger partial charge >= 0.3 is 6.18 Å². The van der Waals surface area contributed by atoms with E-state index in [2.05, 4.69) is 16.8 Å². The van der Waals surface area contributed by atoms with Crippen LogP contribution in [-0.4, -0.2) is 14.8 Å². The number of hydrogen-bond donors (Lipinski definition) is 0. The average Bonchev–Trinajstić information content (AvgIpc) is 3.10. The van der Waals surface area contributed by atoms with Crippen LogP contribution >= 0.6 is 23.4 Å². The van der Waals surface area contributed by atoms with Gasteiger partial charge in [-0.3, -0.25) is 4.57 Å². The van der Waals surface area contributed by atoms with Gasteiger partial charge in [-0.05, 0) is 48.7 Å². The van der Waals surface area contributed by atoms with E-state index in [9.17, 15) is 13.2 Å². The molecule has 0 radical (unpaired) electrons. The number of nitrogens with zero attached hydrogens (tertiary/aromatic N) is 3. The van der Waals surface area contributed by atoms with Crippen molar-refractivity contribution in [3.63, 3.8) is 0 Å². The molecule has 2 aromatic carbocycles. The van der Waals surface area contributed by atoms with Crippen LogP contribution in [-0.2, 0) is 25.1 Å². The van der Waals surface area contributed by atoms with Crippen LogP contribution in [0.5, 0.6) is 5.75 Å². The highest BCUT2D eigenvalue weighted by molar-refractivity contribution is 7.98. The highest BCUT2D eigenvalue weighted by atomic mass is 35.5. The molecule has 1 heterocycles. The highest BCUT2D eigenvalue weighted by Gasteiger charge is 2.30. The van der Waals surface area contributed by atoms with E-state index in [0.717, 1.165) is 23.3 Å². The van der Waals surface area contributed by atoms with E-state index < -0.39 is 11.7 Å². The second-order valence-electron chi connectivity index (χ2n) is 6.94. The largest absolute Gasteiger partial charge is 0.486 e. The number of allylic oxidation sites excluding steroid dienone is 1. The number of rotatable bonds is 8. The van der Waals surface area contributed by atoms with Crippen molar-refractivity contribution in [2.24, 2.45) is 0 Å². The molecule has 0 atom stereocenters. The van der Waals surface area contributed by atoms with Crippen molar-refractivity contribution in [1.29, 1.82) is 0 Å². The summed E-state index contributed by atoms with van der Waals surface area (Å²) in [5, 5.41) is 9.67. The molecule has 4 nitrogen and oxygen atoms in total. The second kappa shape index (κ2) is 9.78. The molecule has 3 aromatic rings. The first-order valence-corrected chi connectivity index (χ1v) is 10.8. The summed E-state index contributed by atoms with van der Waals surface area (Å²) >= 11 is 7.51. The van der Waals surface area contributed by atoms with Crippen molar-refractivity contribution >= 4 is 23.4 Å². The first-order chi connectivity index (χ1) is 14.7. The Morgan fingerprint density at radius 2 is 1.87 bits per heavy atom. The van der Waals surface area contributed by atoms with Gasteiger partial charge < -0.3 is 4.74 Å². The minimum Gasteiger partial charge on any atom is -0.486 e. The number of ether oxygens (including phenoxy) is 1. The molecule has 0 spiro atoms. The molecule has 0 saturated carbocycles. The first kappa shape index (κ1) is 23.2. The molecule has 0 unspecified atom stereocenters. The Hall–Kier alpha value is -2.45. The quantitative estimate of drug-likeness (QED) is 0.275. The van der Waals surface area contributed by atoms with E-state index in [4.69, 9.17) is 16.3 Å². The summed E-state index contributed by atoms with van der Waals surface area (Å²) in [7, 11) is 0. The molecule has 0 aliphatic carbocycles. The third kappa shape index (κ3) is 5.83. The maximum absolute atomic E-state index is 12.9. The van der Waals surface area contributed by atoms with E-state index in [1.54, 1.807) is 12.1 Å². The molecule has 3 rings (SSSR count). The zero-order valence-corrected chi connectivity index (χ0v) is 18.6. The van der Waals surface area contributed by atoms with E-state index in [1.165, 1.54) is 17.8 Å². The van der Waals surface area contributed by atoms with Crippen LogP contribution in [0.4, 0.5) is 13.2 Å². The number of alkyl halides is 3. The fourth-order valence-electron chi connectivity index (χ4n) is 2.97. The molecule has 0 amide bonds. The van der Waals surface area contributed by atoms with Crippen LogP contribution in [0.2, 0.25) is 5.02 Å². The van der Waals surface area contributed by atoms with Gasteiger partial charge in [0.15, 0.2) is 11.0 Å². The lowest BCUT2D eigenvalue weighted by atomic mass is 10.1. The standard InChI is InChI=1S/C22H21ClF3N3OS/c1-4-8-29-19(12-30-18-9-14(2)20(23)15(3)10-18)27-28-21(29)31-13-16-6-5-7-17(11-16)22(24,25)26/h4-7,9-11H,1,8,12-13H2,2-3H3. The lowest BCUT2D eigenvalue weighted by Gasteiger charge is -2.11. The molecule has 0 N–H and O–H groups in total. The molecule has 31 heavy (non-hydrogen) atoms. The van der Waals surface area contributed by atoms with Gasteiger partial charge in [0.25, 0.3) is 0 Å². The normalized spacial score (nSPS) is 11.5. The van der Waals surface area contributed by atoms with Crippen molar-refractivity contribution in [3.8, 4) is 5.75 Å². The summed E-state index contributed by atoms with van der Waals surface area (Å²) < 4.78 is 46.5. The van der Waals surface area contributed by atoms with Crippen LogP contribution in [0.3, 0.4) is 0 Å². The van der Waals surface area contributed by atoms with Crippen LogP contribution in [0.25, 0.3) is 0 Å². The minimum absolute atomic E-state index is 0.186. The maximum Gasteiger partial charge on any atom is 0.416 e. The zero-order chi connectivity index (χ0) is 22.6. The Labute approximate surface area is 188 Å². The Bertz CT molecular complexity index is 1060. The molecule has 164 valence electrons. The Morgan fingerprint density at radius 1 is 1.16 bits per heavy atom. The number of aromatic nitrogens is 3. The van der Waals surface area contributed by atoms with Crippen molar-refractivity contribution in [3.05, 3.63) is 82.2 Å². The highest BCUT2D eigenvalue weighted by Crippen LogP contribution is 2.31. The molecular formula is C22H21ClF3N3OS. The summed E-state index contributed by atoms with van der Waals surface area (Å²) in [5.41, 5.74) is 1.72. The number of hydrogen-bond acceptors (Lipinski definition) is 4. The molecule has 0 fully saturated rings. The third-order valence-corrected chi connectivity index (χ3v) is 6.14. The summed E-state index contributed by atoms with van der Waals surface area (Å²) in [5.74, 6) is 1.60. The summed E-state index contributed by atoms with van der Waals surface area (Å²) in [6.45, 7) is 8.21. The molecule has 1 aromatic heterocycles. The molecule has 0 aliphatic rings. The molecule has 0 saturated heterocycles. The summed E-state index contributed by atoms with van der Waals surface area (Å²) in [6.07, 6.45) is -2.66. The average molecular weight is 468 g/mol. The van der Waals surface area contributed by atoms with Crippen LogP contribution in [0, 0.1) is 13.8 Å². The third-order valence-electron chi connectivity index (χ3n) is 4.51. The van der Waals surface area contributed by atoms with Crippen LogP contribution in [0.15, 0.2) is 54.2 Å². The smallest absolute Gasteiger partial charge is 0.416 e. The van der Waals surface area contributed by atoms with Crippen molar-refractivity contribution in [2.45, 2.75) is 44.1 Å². The number of halogens is 4. The van der Waals surface area contributed by atoms with Crippen molar-refractivity contribution in [1.82, 2.24) is 14.8 Å². The van der Waals surface area contributed by atoms with Gasteiger partial charge in [0.1, 0.15) is 12.4 Å². The van der Waals surface area contributed by atoms with Crippen molar-refractivity contribution in [2.75, 3.05) is 0 Å². The number of benzene rings is 2. The first-order valence-electron chi connectivity index (χ1n) is 9.40. The predicted octanol–water partition coefficient (Wildman–Crippen LogP) is 6.62. The lowest BCUT2D eigenvalue weighted by Crippen LogP contribution is -2.08. The van der Waals surface area contributed by atoms with Gasteiger partial charge in [0.2, 0.25) is 0 Å². The van der Waals surface area contributed by atoms with E-state index in [1.807, 2.05) is 30.5 Å². The summed E-state index contributed by atoms with van der Waals surface area (Å²) in [6, 6.07) is 8.98. The van der Waals surface area contributed by atoms with Gasteiger partial charge in [0.05, 0.1) is 5.56 Å². The van der Waals surface area contributed by atoms with Crippen LogP contribution in [0.1, 0.15) is 28.1 Å². The molecule has 0 bridgehead atoms.